The van der Waals surface area contributed by atoms with Crippen LogP contribution in [0.2, 0.25) is 5.02 Å². The van der Waals surface area contributed by atoms with Crippen molar-refractivity contribution in [2.75, 3.05) is 23.7 Å². The number of amides is 2. The highest BCUT2D eigenvalue weighted by molar-refractivity contribution is 7.92. The molecule has 0 saturated heterocycles. The third kappa shape index (κ3) is 9.18. The lowest BCUT2D eigenvalue weighted by Gasteiger charge is -2.29. The lowest BCUT2D eigenvalue weighted by molar-refractivity contribution is -0.140. The maximum atomic E-state index is 13.3. The number of benzene rings is 2. The summed E-state index contributed by atoms with van der Waals surface area (Å²) in [5.74, 6) is -0.173. The van der Waals surface area contributed by atoms with Crippen LogP contribution in [0.25, 0.3) is 0 Å². The molecule has 0 bridgehead atoms. The minimum Gasteiger partial charge on any atom is -0.354 e. The second kappa shape index (κ2) is 12.9. The first-order valence-electron chi connectivity index (χ1n) is 11.7. The summed E-state index contributed by atoms with van der Waals surface area (Å²) in [6.07, 6.45) is 1.57. The third-order valence-electron chi connectivity index (χ3n) is 5.54. The van der Waals surface area contributed by atoms with Gasteiger partial charge in [-0.1, -0.05) is 49.7 Å². The van der Waals surface area contributed by atoms with Gasteiger partial charge in [-0.25, -0.2) is 8.42 Å². The lowest BCUT2D eigenvalue weighted by atomic mass is 10.1. The van der Waals surface area contributed by atoms with Crippen LogP contribution in [-0.4, -0.2) is 50.5 Å². The standard InChI is InChI=1S/C26H36ClN3O4S/c1-19(2)17-28-26(32)21(4)29(18-22-10-7-11-23(27)16-22)25(31)13-8-14-30(35(5,33)34)24-12-6-9-20(3)15-24/h6-7,9-12,15-16,19,21H,8,13-14,17-18H2,1-5H3,(H,28,32)/t21-/m1/s1. The molecule has 1 N–H and O–H groups in total. The minimum absolute atomic E-state index is 0.0974. The van der Waals surface area contributed by atoms with E-state index in [9.17, 15) is 18.0 Å². The predicted molar refractivity (Wildman–Crippen MR) is 142 cm³/mol. The summed E-state index contributed by atoms with van der Waals surface area (Å²) in [6, 6.07) is 13.7. The van der Waals surface area contributed by atoms with Crippen molar-refractivity contribution in [1.29, 1.82) is 0 Å². The molecule has 2 aromatic rings. The van der Waals surface area contributed by atoms with Gasteiger partial charge >= 0.3 is 0 Å². The molecule has 0 aliphatic heterocycles. The summed E-state index contributed by atoms with van der Waals surface area (Å²) in [4.78, 5) is 27.6. The van der Waals surface area contributed by atoms with Gasteiger partial charge in [0.25, 0.3) is 0 Å². The predicted octanol–water partition coefficient (Wildman–Crippen LogP) is 4.38. The van der Waals surface area contributed by atoms with Crippen LogP contribution in [0.1, 0.15) is 44.7 Å². The molecule has 0 spiro atoms. The number of rotatable bonds is 12. The third-order valence-corrected chi connectivity index (χ3v) is 6.96. The van der Waals surface area contributed by atoms with Gasteiger partial charge in [0.1, 0.15) is 6.04 Å². The zero-order valence-electron chi connectivity index (χ0n) is 21.1. The van der Waals surface area contributed by atoms with E-state index in [0.717, 1.165) is 17.4 Å². The first-order valence-corrected chi connectivity index (χ1v) is 14.0. The molecule has 0 heterocycles. The van der Waals surface area contributed by atoms with Crippen molar-refractivity contribution in [2.24, 2.45) is 5.92 Å². The Kier molecular flexibility index (Phi) is 10.6. The average Bonchev–Trinajstić information content (AvgIpc) is 2.77. The summed E-state index contributed by atoms with van der Waals surface area (Å²) in [7, 11) is -3.52. The fraction of sp³-hybridized carbons (Fsp3) is 0.462. The topological polar surface area (TPSA) is 86.8 Å². The van der Waals surface area contributed by atoms with Gasteiger partial charge in [-0.3, -0.25) is 13.9 Å². The molecule has 7 nitrogen and oxygen atoms in total. The zero-order valence-corrected chi connectivity index (χ0v) is 22.7. The van der Waals surface area contributed by atoms with Gasteiger partial charge in [-0.05, 0) is 61.6 Å². The molecule has 2 rings (SSSR count). The minimum atomic E-state index is -3.52. The Hall–Kier alpha value is -2.58. The van der Waals surface area contributed by atoms with Crippen molar-refractivity contribution in [3.8, 4) is 0 Å². The van der Waals surface area contributed by atoms with Gasteiger partial charge < -0.3 is 10.2 Å². The number of aryl methyl sites for hydroxylation is 1. The normalized spacial score (nSPS) is 12.3. The molecule has 0 unspecified atom stereocenters. The van der Waals surface area contributed by atoms with E-state index < -0.39 is 16.1 Å². The molecule has 35 heavy (non-hydrogen) atoms. The Morgan fingerprint density at radius 3 is 2.34 bits per heavy atom. The molecule has 0 aromatic heterocycles. The summed E-state index contributed by atoms with van der Waals surface area (Å²) in [5, 5.41) is 3.44. The monoisotopic (exact) mass is 521 g/mol. The fourth-order valence-electron chi connectivity index (χ4n) is 3.65. The first-order chi connectivity index (χ1) is 16.4. The van der Waals surface area contributed by atoms with Crippen molar-refractivity contribution >= 4 is 39.1 Å². The van der Waals surface area contributed by atoms with E-state index in [1.165, 1.54) is 9.21 Å². The van der Waals surface area contributed by atoms with E-state index in [-0.39, 0.29) is 37.2 Å². The van der Waals surface area contributed by atoms with Crippen LogP contribution in [0.3, 0.4) is 0 Å². The summed E-state index contributed by atoms with van der Waals surface area (Å²) >= 11 is 6.12. The van der Waals surface area contributed by atoms with Gasteiger partial charge in [0.05, 0.1) is 11.9 Å². The number of halogens is 1. The van der Waals surface area contributed by atoms with Crippen molar-refractivity contribution in [2.45, 2.75) is 53.1 Å². The molecule has 0 saturated carbocycles. The zero-order chi connectivity index (χ0) is 26.2. The quantitative estimate of drug-likeness (QED) is 0.449. The largest absolute Gasteiger partial charge is 0.354 e. The van der Waals surface area contributed by atoms with Gasteiger partial charge in [0, 0.05) is 31.1 Å². The Balaban J connectivity index is 2.16. The Labute approximate surface area is 214 Å². The molecule has 2 amide bonds. The maximum Gasteiger partial charge on any atom is 0.242 e. The van der Waals surface area contributed by atoms with Crippen molar-refractivity contribution in [1.82, 2.24) is 10.2 Å². The van der Waals surface area contributed by atoms with E-state index >= 15 is 0 Å². The van der Waals surface area contributed by atoms with E-state index in [1.807, 2.05) is 32.9 Å². The van der Waals surface area contributed by atoms with Crippen LogP contribution in [0, 0.1) is 12.8 Å². The van der Waals surface area contributed by atoms with Gasteiger partial charge in [-0.15, -0.1) is 0 Å². The number of carbonyl (C=O) groups is 2. The Morgan fingerprint density at radius 1 is 1.06 bits per heavy atom. The molecule has 0 aliphatic rings. The maximum absolute atomic E-state index is 13.3. The van der Waals surface area contributed by atoms with Crippen molar-refractivity contribution < 1.29 is 18.0 Å². The smallest absolute Gasteiger partial charge is 0.242 e. The molecular formula is C26H36ClN3O4S. The summed E-state index contributed by atoms with van der Waals surface area (Å²) < 4.78 is 26.1. The van der Waals surface area contributed by atoms with Crippen LogP contribution < -0.4 is 9.62 Å². The molecule has 9 heteroatoms. The highest BCUT2D eigenvalue weighted by atomic mass is 35.5. The second-order valence-corrected chi connectivity index (χ2v) is 11.6. The molecule has 192 valence electrons. The van der Waals surface area contributed by atoms with E-state index in [2.05, 4.69) is 5.32 Å². The number of anilines is 1. The van der Waals surface area contributed by atoms with E-state index in [0.29, 0.717) is 23.7 Å². The Morgan fingerprint density at radius 2 is 1.74 bits per heavy atom. The van der Waals surface area contributed by atoms with Crippen LogP contribution in [0.4, 0.5) is 5.69 Å². The summed E-state index contributed by atoms with van der Waals surface area (Å²) in [5.41, 5.74) is 2.32. The van der Waals surface area contributed by atoms with Crippen LogP contribution >= 0.6 is 11.6 Å². The molecule has 2 aromatic carbocycles. The van der Waals surface area contributed by atoms with Crippen molar-refractivity contribution in [3.05, 3.63) is 64.7 Å². The number of hydrogen-bond donors (Lipinski definition) is 1. The first kappa shape index (κ1) is 28.7. The van der Waals surface area contributed by atoms with Gasteiger partial charge in [-0.2, -0.15) is 0 Å². The van der Waals surface area contributed by atoms with Gasteiger partial charge in [0.15, 0.2) is 0 Å². The highest BCUT2D eigenvalue weighted by Crippen LogP contribution is 2.21. The number of sulfonamides is 1. The summed E-state index contributed by atoms with van der Waals surface area (Å²) in [6.45, 7) is 8.50. The fourth-order valence-corrected chi connectivity index (χ4v) is 4.82. The molecule has 0 fully saturated rings. The molecular weight excluding hydrogens is 486 g/mol. The molecule has 0 aliphatic carbocycles. The molecule has 0 radical (unpaired) electrons. The molecule has 1 atom stereocenters. The lowest BCUT2D eigenvalue weighted by Crippen LogP contribution is -2.48. The number of carbonyl (C=O) groups excluding carboxylic acids is 2. The van der Waals surface area contributed by atoms with Crippen LogP contribution in [0.15, 0.2) is 48.5 Å². The SMILES string of the molecule is Cc1cccc(N(CCCC(=O)N(Cc2cccc(Cl)c2)[C@H](C)C(=O)NCC(C)C)S(C)(=O)=O)c1. The Bertz CT molecular complexity index is 1120. The number of nitrogens with one attached hydrogen (secondary N) is 1. The van der Waals surface area contributed by atoms with Crippen LogP contribution in [0.5, 0.6) is 0 Å². The average molecular weight is 522 g/mol. The van der Waals surface area contributed by atoms with E-state index in [1.54, 1.807) is 43.3 Å². The van der Waals surface area contributed by atoms with Crippen LogP contribution in [-0.2, 0) is 26.2 Å². The van der Waals surface area contributed by atoms with E-state index in [4.69, 9.17) is 11.6 Å². The highest BCUT2D eigenvalue weighted by Gasteiger charge is 2.26. The number of nitrogens with zero attached hydrogens (tertiary/aromatic N) is 2. The second-order valence-electron chi connectivity index (χ2n) is 9.24. The van der Waals surface area contributed by atoms with Crippen molar-refractivity contribution in [3.63, 3.8) is 0 Å². The number of hydrogen-bond acceptors (Lipinski definition) is 4. The van der Waals surface area contributed by atoms with Gasteiger partial charge in [0.2, 0.25) is 21.8 Å².